The highest BCUT2D eigenvalue weighted by Gasteiger charge is 2.10. The molecule has 1 N–H and O–H groups in total. The van der Waals surface area contributed by atoms with Crippen molar-refractivity contribution in [1.82, 2.24) is 10.2 Å². The van der Waals surface area contributed by atoms with Crippen molar-refractivity contribution in [1.29, 1.82) is 0 Å². The molecular formula is C20H25FN2O3. The first-order chi connectivity index (χ1) is 12.5. The van der Waals surface area contributed by atoms with Gasteiger partial charge in [0.25, 0.3) is 0 Å². The van der Waals surface area contributed by atoms with Crippen molar-refractivity contribution in [2.24, 2.45) is 0 Å². The number of carbonyl (C=O) groups excluding carboxylic acids is 1. The number of hydrogen-bond acceptors (Lipinski definition) is 4. The molecule has 0 unspecified atom stereocenters. The number of amides is 1. The second-order valence-electron chi connectivity index (χ2n) is 6.05. The first kappa shape index (κ1) is 19.7. The summed E-state index contributed by atoms with van der Waals surface area (Å²) in [6.45, 7) is 1.11. The Morgan fingerprint density at radius 3 is 2.54 bits per heavy atom. The van der Waals surface area contributed by atoms with E-state index in [1.54, 1.807) is 44.4 Å². The Balaban J connectivity index is 1.77. The van der Waals surface area contributed by atoms with Gasteiger partial charge < -0.3 is 14.8 Å². The van der Waals surface area contributed by atoms with Crippen LogP contribution in [0.15, 0.2) is 42.5 Å². The van der Waals surface area contributed by atoms with Crippen LogP contribution >= 0.6 is 0 Å². The molecule has 0 aliphatic heterocycles. The summed E-state index contributed by atoms with van der Waals surface area (Å²) in [4.78, 5) is 13.8. The Morgan fingerprint density at radius 2 is 1.85 bits per heavy atom. The van der Waals surface area contributed by atoms with Gasteiger partial charge >= 0.3 is 0 Å². The molecule has 2 aromatic carbocycles. The Hall–Kier alpha value is -2.60. The van der Waals surface area contributed by atoms with Crippen LogP contribution in [0.4, 0.5) is 4.39 Å². The molecule has 0 aliphatic rings. The molecule has 6 heteroatoms. The Morgan fingerprint density at radius 1 is 1.12 bits per heavy atom. The van der Waals surface area contributed by atoms with E-state index in [2.05, 4.69) is 5.32 Å². The number of rotatable bonds is 9. The minimum absolute atomic E-state index is 0.0932. The normalized spacial score (nSPS) is 10.7. The smallest absolute Gasteiger partial charge is 0.234 e. The van der Waals surface area contributed by atoms with E-state index in [1.807, 2.05) is 18.2 Å². The first-order valence-electron chi connectivity index (χ1n) is 8.43. The highest BCUT2D eigenvalue weighted by Crippen LogP contribution is 2.27. The molecule has 1 amide bonds. The van der Waals surface area contributed by atoms with Crippen LogP contribution in [0.25, 0.3) is 0 Å². The SMILES string of the molecule is COc1ccc(CCNC(=O)CN(C)Cc2ccccc2F)cc1OC. The van der Waals surface area contributed by atoms with Gasteiger partial charge in [-0.05, 0) is 37.2 Å². The molecule has 0 saturated carbocycles. The van der Waals surface area contributed by atoms with Crippen molar-refractivity contribution in [3.05, 3.63) is 59.4 Å². The minimum atomic E-state index is -0.256. The quantitative estimate of drug-likeness (QED) is 0.747. The summed E-state index contributed by atoms with van der Waals surface area (Å²) < 4.78 is 24.1. The van der Waals surface area contributed by atoms with E-state index in [0.717, 1.165) is 5.56 Å². The van der Waals surface area contributed by atoms with E-state index in [4.69, 9.17) is 9.47 Å². The molecule has 0 bridgehead atoms. The fraction of sp³-hybridized carbons (Fsp3) is 0.350. The summed E-state index contributed by atoms with van der Waals surface area (Å²) in [5.74, 6) is 0.994. The van der Waals surface area contributed by atoms with Gasteiger partial charge in [-0.3, -0.25) is 9.69 Å². The lowest BCUT2D eigenvalue weighted by Gasteiger charge is -2.17. The zero-order chi connectivity index (χ0) is 18.9. The highest BCUT2D eigenvalue weighted by molar-refractivity contribution is 5.77. The zero-order valence-electron chi connectivity index (χ0n) is 15.4. The molecule has 26 heavy (non-hydrogen) atoms. The maximum Gasteiger partial charge on any atom is 0.234 e. The largest absolute Gasteiger partial charge is 0.493 e. The van der Waals surface area contributed by atoms with Crippen LogP contribution in [0.3, 0.4) is 0 Å². The Bertz CT molecular complexity index is 737. The third-order valence-corrected chi connectivity index (χ3v) is 4.00. The van der Waals surface area contributed by atoms with E-state index in [9.17, 15) is 9.18 Å². The summed E-state index contributed by atoms with van der Waals surface area (Å²) in [5, 5.41) is 2.88. The molecule has 0 radical (unpaired) electrons. The fourth-order valence-corrected chi connectivity index (χ4v) is 2.66. The minimum Gasteiger partial charge on any atom is -0.493 e. The number of nitrogens with one attached hydrogen (secondary N) is 1. The van der Waals surface area contributed by atoms with E-state index >= 15 is 0 Å². The maximum absolute atomic E-state index is 13.6. The third-order valence-electron chi connectivity index (χ3n) is 4.00. The topological polar surface area (TPSA) is 50.8 Å². The number of ether oxygens (including phenoxy) is 2. The number of likely N-dealkylation sites (N-methyl/N-ethyl adjacent to an activating group) is 1. The van der Waals surface area contributed by atoms with Crippen LogP contribution < -0.4 is 14.8 Å². The van der Waals surface area contributed by atoms with Crippen molar-refractivity contribution in [2.45, 2.75) is 13.0 Å². The Labute approximate surface area is 153 Å². The standard InChI is InChI=1S/C20H25FN2O3/c1-23(13-16-6-4-5-7-17(16)21)14-20(24)22-11-10-15-8-9-18(25-2)19(12-15)26-3/h4-9,12H,10-11,13-14H2,1-3H3,(H,22,24). The molecule has 0 heterocycles. The van der Waals surface area contributed by atoms with E-state index in [-0.39, 0.29) is 18.3 Å². The molecular weight excluding hydrogens is 335 g/mol. The van der Waals surface area contributed by atoms with Crippen LogP contribution in [0.1, 0.15) is 11.1 Å². The summed E-state index contributed by atoms with van der Waals surface area (Å²) in [6.07, 6.45) is 0.684. The van der Waals surface area contributed by atoms with Crippen molar-refractivity contribution >= 4 is 5.91 Å². The van der Waals surface area contributed by atoms with Crippen LogP contribution in [0.2, 0.25) is 0 Å². The second kappa shape index (κ2) is 9.77. The molecule has 0 atom stereocenters. The monoisotopic (exact) mass is 360 g/mol. The van der Waals surface area contributed by atoms with Gasteiger partial charge in [-0.15, -0.1) is 0 Å². The van der Waals surface area contributed by atoms with Gasteiger partial charge in [-0.1, -0.05) is 24.3 Å². The number of nitrogens with zero attached hydrogens (tertiary/aromatic N) is 1. The van der Waals surface area contributed by atoms with Gasteiger partial charge in [0.05, 0.1) is 20.8 Å². The average molecular weight is 360 g/mol. The van der Waals surface area contributed by atoms with Crippen molar-refractivity contribution in [2.75, 3.05) is 34.4 Å². The number of hydrogen-bond donors (Lipinski definition) is 1. The molecule has 2 rings (SSSR count). The molecule has 0 spiro atoms. The third kappa shape index (κ3) is 5.74. The van der Waals surface area contributed by atoms with Gasteiger partial charge in [-0.25, -0.2) is 4.39 Å². The van der Waals surface area contributed by atoms with Crippen molar-refractivity contribution in [3.63, 3.8) is 0 Å². The second-order valence-corrected chi connectivity index (χ2v) is 6.05. The Kier molecular flexibility index (Phi) is 7.41. The van der Waals surface area contributed by atoms with Crippen LogP contribution in [0, 0.1) is 5.82 Å². The molecule has 5 nitrogen and oxygen atoms in total. The van der Waals surface area contributed by atoms with Crippen molar-refractivity contribution in [3.8, 4) is 11.5 Å². The number of carbonyl (C=O) groups is 1. The van der Waals surface area contributed by atoms with Crippen molar-refractivity contribution < 1.29 is 18.7 Å². The predicted molar refractivity (Wildman–Crippen MR) is 99.0 cm³/mol. The van der Waals surface area contributed by atoms with E-state index in [1.165, 1.54) is 6.07 Å². The fourth-order valence-electron chi connectivity index (χ4n) is 2.66. The molecule has 140 valence electrons. The molecule has 0 saturated heterocycles. The lowest BCUT2D eigenvalue weighted by molar-refractivity contribution is -0.122. The van der Waals surface area contributed by atoms with Crippen LogP contribution in [-0.4, -0.2) is 45.2 Å². The number of methoxy groups -OCH3 is 2. The lowest BCUT2D eigenvalue weighted by Crippen LogP contribution is -2.36. The molecule has 0 aromatic heterocycles. The molecule has 0 aliphatic carbocycles. The van der Waals surface area contributed by atoms with E-state index < -0.39 is 0 Å². The van der Waals surface area contributed by atoms with Gasteiger partial charge in [-0.2, -0.15) is 0 Å². The number of halogens is 1. The van der Waals surface area contributed by atoms with Gasteiger partial charge in [0, 0.05) is 18.7 Å². The predicted octanol–water partition coefficient (Wildman–Crippen LogP) is 2.63. The van der Waals surface area contributed by atoms with E-state index in [0.29, 0.717) is 36.6 Å². The van der Waals surface area contributed by atoms with Gasteiger partial charge in [0.2, 0.25) is 5.91 Å². The first-order valence-corrected chi connectivity index (χ1v) is 8.43. The zero-order valence-corrected chi connectivity index (χ0v) is 15.4. The lowest BCUT2D eigenvalue weighted by atomic mass is 10.1. The van der Waals surface area contributed by atoms with Crippen LogP contribution in [0.5, 0.6) is 11.5 Å². The van der Waals surface area contributed by atoms with Gasteiger partial charge in [0.1, 0.15) is 5.82 Å². The average Bonchev–Trinajstić information content (AvgIpc) is 2.63. The summed E-state index contributed by atoms with van der Waals surface area (Å²) in [7, 11) is 4.98. The molecule has 0 fully saturated rings. The summed E-state index contributed by atoms with van der Waals surface area (Å²) >= 11 is 0. The maximum atomic E-state index is 13.6. The summed E-state index contributed by atoms with van der Waals surface area (Å²) in [5.41, 5.74) is 1.62. The number of benzene rings is 2. The highest BCUT2D eigenvalue weighted by atomic mass is 19.1. The summed E-state index contributed by atoms with van der Waals surface area (Å²) in [6, 6.07) is 12.3. The molecule has 2 aromatic rings. The van der Waals surface area contributed by atoms with Crippen LogP contribution in [-0.2, 0) is 17.8 Å². The van der Waals surface area contributed by atoms with Gasteiger partial charge in [0.15, 0.2) is 11.5 Å².